The van der Waals surface area contributed by atoms with Crippen LogP contribution >= 0.6 is 0 Å². The predicted octanol–water partition coefficient (Wildman–Crippen LogP) is 12.4. The summed E-state index contributed by atoms with van der Waals surface area (Å²) in [6, 6.07) is 66.1. The number of hydrogen-bond acceptors (Lipinski definition) is 2. The minimum Gasteiger partial charge on any atom is -0.309 e. The van der Waals surface area contributed by atoms with Crippen LogP contribution in [0, 0.1) is 22.7 Å². The summed E-state index contributed by atoms with van der Waals surface area (Å²) in [6.07, 6.45) is 0. The van der Waals surface area contributed by atoms with Crippen LogP contribution in [0.1, 0.15) is 11.1 Å². The molecule has 55 heavy (non-hydrogen) atoms. The summed E-state index contributed by atoms with van der Waals surface area (Å²) < 4.78 is 6.85. The van der Waals surface area contributed by atoms with Gasteiger partial charge in [-0.1, -0.05) is 103 Å². The van der Waals surface area contributed by atoms with Gasteiger partial charge in [-0.3, -0.25) is 0 Å². The second-order valence-corrected chi connectivity index (χ2v) is 14.0. The molecule has 0 unspecified atom stereocenters. The van der Waals surface area contributed by atoms with Crippen molar-refractivity contribution < 1.29 is 0 Å². The number of para-hydroxylation sites is 4. The van der Waals surface area contributed by atoms with Crippen LogP contribution in [-0.4, -0.2) is 13.7 Å². The zero-order valence-corrected chi connectivity index (χ0v) is 29.5. The van der Waals surface area contributed by atoms with E-state index in [1.807, 2.05) is 42.5 Å². The van der Waals surface area contributed by atoms with Crippen molar-refractivity contribution in [1.29, 1.82) is 10.5 Å². The normalized spacial score (nSPS) is 11.6. The van der Waals surface area contributed by atoms with Crippen LogP contribution in [0.25, 0.3) is 93.6 Å². The molecule has 5 nitrogen and oxygen atoms in total. The van der Waals surface area contributed by atoms with Gasteiger partial charge in [-0.2, -0.15) is 10.5 Å². The molecular formula is C50H29N5. The summed E-state index contributed by atoms with van der Waals surface area (Å²) in [4.78, 5) is 0. The largest absolute Gasteiger partial charge is 0.309 e. The van der Waals surface area contributed by atoms with Crippen LogP contribution in [0.15, 0.2) is 176 Å². The summed E-state index contributed by atoms with van der Waals surface area (Å²) in [5.41, 5.74) is 12.7. The number of hydrogen-bond donors (Lipinski definition) is 0. The van der Waals surface area contributed by atoms with E-state index in [9.17, 15) is 10.5 Å². The fourth-order valence-electron chi connectivity index (χ4n) is 8.67. The molecule has 0 N–H and O–H groups in total. The third-order valence-electron chi connectivity index (χ3n) is 11.1. The van der Waals surface area contributed by atoms with Gasteiger partial charge in [0.1, 0.15) is 6.07 Å². The Bertz CT molecular complexity index is 3400. The Kier molecular flexibility index (Phi) is 6.61. The van der Waals surface area contributed by atoms with Crippen LogP contribution in [-0.2, 0) is 0 Å². The molecule has 5 heteroatoms. The number of nitrogens with zero attached hydrogens (tertiary/aromatic N) is 5. The van der Waals surface area contributed by atoms with E-state index >= 15 is 0 Å². The van der Waals surface area contributed by atoms with Crippen molar-refractivity contribution in [2.45, 2.75) is 0 Å². The molecule has 8 aromatic carbocycles. The monoisotopic (exact) mass is 699 g/mol. The molecule has 0 spiro atoms. The number of aromatic nitrogens is 3. The summed E-state index contributed by atoms with van der Waals surface area (Å²) in [5, 5.41) is 27.1. The molecule has 0 aliphatic rings. The number of rotatable bonds is 4. The SMILES string of the molecule is N#Cc1ccc2c3ccccc3n(-c3cc(-c4ccc(-n5c6ccccc6c6ccc(-n7c8ccccc8c8ccccc87)cc65)cc4)ccc3C#N)c2c1. The topological polar surface area (TPSA) is 62.4 Å². The summed E-state index contributed by atoms with van der Waals surface area (Å²) in [7, 11) is 0. The van der Waals surface area contributed by atoms with E-state index in [1.165, 1.54) is 32.6 Å². The zero-order valence-electron chi connectivity index (χ0n) is 29.5. The minimum absolute atomic E-state index is 0.565. The molecule has 0 aliphatic heterocycles. The van der Waals surface area contributed by atoms with Gasteiger partial charge in [-0.25, -0.2) is 0 Å². The highest BCUT2D eigenvalue weighted by molar-refractivity contribution is 6.12. The first kappa shape index (κ1) is 30.7. The summed E-state index contributed by atoms with van der Waals surface area (Å²) in [6.45, 7) is 0. The molecule has 11 rings (SSSR count). The zero-order chi connectivity index (χ0) is 36.6. The Morgan fingerprint density at radius 1 is 0.327 bits per heavy atom. The molecule has 0 saturated heterocycles. The second kappa shape index (κ2) is 11.8. The van der Waals surface area contributed by atoms with Crippen LogP contribution < -0.4 is 0 Å². The molecule has 3 aromatic heterocycles. The van der Waals surface area contributed by atoms with Crippen LogP contribution in [0.4, 0.5) is 0 Å². The second-order valence-electron chi connectivity index (χ2n) is 14.0. The van der Waals surface area contributed by atoms with Crippen molar-refractivity contribution in [2.24, 2.45) is 0 Å². The van der Waals surface area contributed by atoms with E-state index in [-0.39, 0.29) is 0 Å². The van der Waals surface area contributed by atoms with E-state index in [4.69, 9.17) is 0 Å². The molecule has 3 heterocycles. The molecule has 254 valence electrons. The highest BCUT2D eigenvalue weighted by Crippen LogP contribution is 2.38. The van der Waals surface area contributed by atoms with Crippen molar-refractivity contribution in [1.82, 2.24) is 13.7 Å². The third-order valence-corrected chi connectivity index (χ3v) is 11.1. The van der Waals surface area contributed by atoms with Gasteiger partial charge < -0.3 is 13.7 Å². The Hall–Kier alpha value is -7.86. The lowest BCUT2D eigenvalue weighted by Crippen LogP contribution is -1.99. The quantitative estimate of drug-likeness (QED) is 0.184. The van der Waals surface area contributed by atoms with Gasteiger partial charge in [0, 0.05) is 43.7 Å². The first-order valence-corrected chi connectivity index (χ1v) is 18.3. The minimum atomic E-state index is 0.565. The van der Waals surface area contributed by atoms with Gasteiger partial charge in [-0.15, -0.1) is 0 Å². The highest BCUT2D eigenvalue weighted by atomic mass is 15.0. The fraction of sp³-hybridized carbons (Fsp3) is 0. The van der Waals surface area contributed by atoms with Crippen LogP contribution in [0.5, 0.6) is 0 Å². The Morgan fingerprint density at radius 2 is 0.782 bits per heavy atom. The Morgan fingerprint density at radius 3 is 1.35 bits per heavy atom. The smallest absolute Gasteiger partial charge is 0.101 e. The van der Waals surface area contributed by atoms with E-state index in [0.29, 0.717) is 11.1 Å². The number of nitriles is 2. The average molecular weight is 700 g/mol. The lowest BCUT2D eigenvalue weighted by molar-refractivity contribution is 1.15. The van der Waals surface area contributed by atoms with E-state index < -0.39 is 0 Å². The molecule has 0 saturated carbocycles. The fourth-order valence-corrected chi connectivity index (χ4v) is 8.67. The van der Waals surface area contributed by atoms with Crippen molar-refractivity contribution in [3.8, 4) is 40.3 Å². The van der Waals surface area contributed by atoms with Gasteiger partial charge in [0.25, 0.3) is 0 Å². The summed E-state index contributed by atoms with van der Waals surface area (Å²) in [5.74, 6) is 0. The van der Waals surface area contributed by atoms with Crippen LogP contribution in [0.3, 0.4) is 0 Å². The molecule has 11 aromatic rings. The average Bonchev–Trinajstić information content (AvgIpc) is 3.88. The first-order valence-electron chi connectivity index (χ1n) is 18.3. The lowest BCUT2D eigenvalue weighted by Gasteiger charge is -2.14. The van der Waals surface area contributed by atoms with Crippen molar-refractivity contribution >= 4 is 65.4 Å². The van der Waals surface area contributed by atoms with Crippen molar-refractivity contribution in [3.63, 3.8) is 0 Å². The van der Waals surface area contributed by atoms with Gasteiger partial charge in [0.2, 0.25) is 0 Å². The Balaban J connectivity index is 1.07. The molecule has 0 radical (unpaired) electrons. The van der Waals surface area contributed by atoms with E-state index in [1.54, 1.807) is 0 Å². The maximum Gasteiger partial charge on any atom is 0.101 e. The Labute approximate surface area is 316 Å². The lowest BCUT2D eigenvalue weighted by atomic mass is 10.0. The molecule has 0 bridgehead atoms. The molecule has 0 fully saturated rings. The molecule has 0 atom stereocenters. The maximum absolute atomic E-state index is 10.3. The van der Waals surface area contributed by atoms with Crippen molar-refractivity contribution in [2.75, 3.05) is 0 Å². The van der Waals surface area contributed by atoms with Gasteiger partial charge in [0.05, 0.1) is 56.0 Å². The van der Waals surface area contributed by atoms with Gasteiger partial charge >= 0.3 is 0 Å². The van der Waals surface area contributed by atoms with Crippen LogP contribution in [0.2, 0.25) is 0 Å². The van der Waals surface area contributed by atoms with Gasteiger partial charge in [0.15, 0.2) is 0 Å². The van der Waals surface area contributed by atoms with E-state index in [0.717, 1.165) is 61.0 Å². The highest BCUT2D eigenvalue weighted by Gasteiger charge is 2.18. The summed E-state index contributed by atoms with van der Waals surface area (Å²) >= 11 is 0. The van der Waals surface area contributed by atoms with Crippen molar-refractivity contribution in [3.05, 3.63) is 187 Å². The molecule has 0 aliphatic carbocycles. The van der Waals surface area contributed by atoms with Gasteiger partial charge in [-0.05, 0) is 83.9 Å². The third kappa shape index (κ3) is 4.51. The molecular weight excluding hydrogens is 671 g/mol. The standard InChI is InChI=1S/C50H29N5/c51-30-32-17-25-42-41-12-4-8-16-47(41)55(49(42)27-32)48-28-34(18-19-35(48)31-52)33-20-22-36(23-21-33)53-44-13-5-3-11-40(44)43-26-24-37(29-50(43)53)54-45-14-6-1-9-38(45)39-10-2-7-15-46(39)54/h1-29H. The first-order chi connectivity index (χ1) is 27.2. The maximum atomic E-state index is 10.3. The predicted molar refractivity (Wildman–Crippen MR) is 224 cm³/mol. The molecule has 0 amide bonds. The number of fused-ring (bicyclic) bond motifs is 9. The number of benzene rings is 8. The van der Waals surface area contributed by atoms with E-state index in [2.05, 4.69) is 159 Å².